The highest BCUT2D eigenvalue weighted by Gasteiger charge is 2.68. The zero-order valence-corrected chi connectivity index (χ0v) is 19.8. The molecule has 2 fully saturated rings. The van der Waals surface area contributed by atoms with Crippen molar-refractivity contribution in [1.29, 1.82) is 0 Å². The highest BCUT2D eigenvalue weighted by atomic mass is 16.5. The van der Waals surface area contributed by atoms with E-state index in [-0.39, 0.29) is 17.9 Å². The zero-order valence-electron chi connectivity index (χ0n) is 19.8. The predicted octanol–water partition coefficient (Wildman–Crippen LogP) is 3.23. The van der Waals surface area contributed by atoms with Gasteiger partial charge in [-0.05, 0) is 41.8 Å². The maximum Gasteiger partial charge on any atom is 0.325 e. The van der Waals surface area contributed by atoms with Crippen LogP contribution in [0.1, 0.15) is 22.7 Å². The number of phenolic OH excluding ortho intramolecular Hbond substituents is 1. The van der Waals surface area contributed by atoms with E-state index in [0.29, 0.717) is 11.3 Å². The Kier molecular flexibility index (Phi) is 5.76. The number of imide groups is 1. The molecule has 4 unspecified atom stereocenters. The molecule has 2 saturated heterocycles. The van der Waals surface area contributed by atoms with E-state index < -0.39 is 41.2 Å². The third-order valence-corrected chi connectivity index (χ3v) is 7.28. The molecular weight excluding hydrogens is 460 g/mol. The van der Waals surface area contributed by atoms with Crippen molar-refractivity contribution in [3.05, 3.63) is 89.5 Å². The number of carbonyl (C=O) groups is 3. The van der Waals surface area contributed by atoms with E-state index in [2.05, 4.69) is 5.32 Å². The molecule has 0 spiro atoms. The molecule has 2 heterocycles. The summed E-state index contributed by atoms with van der Waals surface area (Å²) in [7, 11) is 1.41. The van der Waals surface area contributed by atoms with Crippen molar-refractivity contribution in [2.24, 2.45) is 11.8 Å². The monoisotopic (exact) mass is 486 g/mol. The molecular formula is C28H26N2O6. The molecule has 2 aliphatic rings. The average molecular weight is 487 g/mol. The van der Waals surface area contributed by atoms with Crippen LogP contribution in [0.25, 0.3) is 0 Å². The number of carboxylic acid groups (broad SMARTS) is 1. The van der Waals surface area contributed by atoms with Crippen molar-refractivity contribution in [3.63, 3.8) is 0 Å². The Morgan fingerprint density at radius 3 is 2.39 bits per heavy atom. The molecule has 2 amide bonds. The number of carboxylic acids is 1. The van der Waals surface area contributed by atoms with Crippen LogP contribution >= 0.6 is 0 Å². The van der Waals surface area contributed by atoms with E-state index in [4.69, 9.17) is 4.74 Å². The van der Waals surface area contributed by atoms with Gasteiger partial charge in [-0.25, -0.2) is 4.90 Å². The Morgan fingerprint density at radius 2 is 1.72 bits per heavy atom. The Balaban J connectivity index is 1.68. The molecule has 8 heteroatoms. The van der Waals surface area contributed by atoms with Crippen LogP contribution in [-0.4, -0.2) is 40.6 Å². The third kappa shape index (κ3) is 3.53. The standard InChI is InChI=1S/C28H26N2O6/c1-16-8-6-7-11-19(16)30-25(32)22-23(26(30)33)28(27(34)35,15-17-9-4-3-5-10-17)29-24(22)18-12-13-20(31)21(14-18)36-2/h3-14,22-24,29,31H,15H2,1-2H3,(H,34,35). The average Bonchev–Trinajstić information content (AvgIpc) is 3.34. The first-order valence-corrected chi connectivity index (χ1v) is 11.6. The summed E-state index contributed by atoms with van der Waals surface area (Å²) in [5.74, 6) is -4.21. The summed E-state index contributed by atoms with van der Waals surface area (Å²) in [6, 6.07) is 19.9. The van der Waals surface area contributed by atoms with Crippen LogP contribution in [0.3, 0.4) is 0 Å². The van der Waals surface area contributed by atoms with E-state index >= 15 is 0 Å². The molecule has 8 nitrogen and oxygen atoms in total. The summed E-state index contributed by atoms with van der Waals surface area (Å²) < 4.78 is 5.25. The normalized spacial score (nSPS) is 25.2. The number of fused-ring (bicyclic) bond motifs is 1. The van der Waals surface area contributed by atoms with Crippen LogP contribution in [-0.2, 0) is 20.8 Å². The van der Waals surface area contributed by atoms with Crippen molar-refractivity contribution >= 4 is 23.5 Å². The van der Waals surface area contributed by atoms with Gasteiger partial charge in [-0.15, -0.1) is 0 Å². The number of rotatable bonds is 6. The minimum atomic E-state index is -1.73. The van der Waals surface area contributed by atoms with Crippen molar-refractivity contribution < 1.29 is 29.3 Å². The van der Waals surface area contributed by atoms with Crippen LogP contribution in [0, 0.1) is 18.8 Å². The van der Waals surface area contributed by atoms with Gasteiger partial charge in [0.25, 0.3) is 0 Å². The highest BCUT2D eigenvalue weighted by molar-refractivity contribution is 6.24. The first-order valence-electron chi connectivity index (χ1n) is 11.6. The minimum Gasteiger partial charge on any atom is -0.504 e. The van der Waals surface area contributed by atoms with Crippen molar-refractivity contribution in [2.75, 3.05) is 12.0 Å². The first-order chi connectivity index (χ1) is 17.3. The summed E-state index contributed by atoms with van der Waals surface area (Å²) in [6.07, 6.45) is 0.0106. The molecule has 2 aliphatic heterocycles. The predicted molar refractivity (Wildman–Crippen MR) is 132 cm³/mol. The largest absolute Gasteiger partial charge is 0.504 e. The Morgan fingerprint density at radius 1 is 1.03 bits per heavy atom. The zero-order chi connectivity index (χ0) is 25.6. The number of carbonyl (C=O) groups excluding carboxylic acids is 2. The van der Waals surface area contributed by atoms with Crippen LogP contribution in [0.4, 0.5) is 5.69 Å². The van der Waals surface area contributed by atoms with E-state index in [0.717, 1.165) is 16.0 Å². The molecule has 3 aromatic carbocycles. The number of phenols is 1. The number of aliphatic carboxylic acids is 1. The third-order valence-electron chi connectivity index (χ3n) is 7.28. The molecule has 0 saturated carbocycles. The van der Waals surface area contributed by atoms with Gasteiger partial charge in [-0.2, -0.15) is 0 Å². The number of ether oxygens (including phenoxy) is 1. The molecule has 0 aromatic heterocycles. The van der Waals surface area contributed by atoms with E-state index in [9.17, 15) is 24.6 Å². The molecule has 0 bridgehead atoms. The number of aromatic hydroxyl groups is 1. The van der Waals surface area contributed by atoms with Gasteiger partial charge in [-0.3, -0.25) is 19.7 Å². The van der Waals surface area contributed by atoms with Gasteiger partial charge in [0.05, 0.1) is 24.6 Å². The van der Waals surface area contributed by atoms with Gasteiger partial charge in [-0.1, -0.05) is 54.6 Å². The van der Waals surface area contributed by atoms with Crippen LogP contribution in [0.5, 0.6) is 11.5 Å². The van der Waals surface area contributed by atoms with Gasteiger partial charge in [0.15, 0.2) is 11.5 Å². The van der Waals surface area contributed by atoms with Gasteiger partial charge in [0.2, 0.25) is 11.8 Å². The minimum absolute atomic E-state index is 0.0106. The number of nitrogens with zero attached hydrogens (tertiary/aromatic N) is 1. The second-order valence-corrected chi connectivity index (χ2v) is 9.29. The maximum absolute atomic E-state index is 14.0. The Hall–Kier alpha value is -4.17. The summed E-state index contributed by atoms with van der Waals surface area (Å²) in [5, 5.41) is 23.9. The fourth-order valence-corrected chi connectivity index (χ4v) is 5.58. The van der Waals surface area contributed by atoms with E-state index in [1.54, 1.807) is 61.5 Å². The lowest BCUT2D eigenvalue weighted by Gasteiger charge is -2.31. The van der Waals surface area contributed by atoms with E-state index in [1.165, 1.54) is 13.2 Å². The molecule has 184 valence electrons. The SMILES string of the molecule is COc1cc(C2NC(Cc3ccccc3)(C(=O)O)C3C(=O)N(c4ccccc4C)C(=O)C23)ccc1O. The number of amides is 2. The number of nitrogens with one attached hydrogen (secondary N) is 1. The summed E-state index contributed by atoms with van der Waals surface area (Å²) >= 11 is 0. The van der Waals surface area contributed by atoms with E-state index in [1.807, 2.05) is 12.1 Å². The van der Waals surface area contributed by atoms with Crippen LogP contribution in [0.15, 0.2) is 72.8 Å². The lowest BCUT2D eigenvalue weighted by Crippen LogP contribution is -2.57. The molecule has 5 rings (SSSR count). The Bertz CT molecular complexity index is 1360. The molecule has 4 atom stereocenters. The summed E-state index contributed by atoms with van der Waals surface area (Å²) in [5.41, 5.74) is 0.724. The molecule has 3 aromatic rings. The number of aryl methyl sites for hydroxylation is 1. The number of hydrogen-bond donors (Lipinski definition) is 3. The fraction of sp³-hybridized carbons (Fsp3) is 0.250. The molecule has 3 N–H and O–H groups in total. The summed E-state index contributed by atoms with van der Waals surface area (Å²) in [4.78, 5) is 42.0. The Labute approximate surface area is 208 Å². The molecule has 36 heavy (non-hydrogen) atoms. The topological polar surface area (TPSA) is 116 Å². The second kappa shape index (κ2) is 8.80. The summed E-state index contributed by atoms with van der Waals surface area (Å²) in [6.45, 7) is 1.80. The second-order valence-electron chi connectivity index (χ2n) is 9.29. The van der Waals surface area contributed by atoms with Crippen molar-refractivity contribution in [1.82, 2.24) is 5.32 Å². The smallest absolute Gasteiger partial charge is 0.325 e. The lowest BCUT2D eigenvalue weighted by molar-refractivity contribution is -0.148. The quantitative estimate of drug-likeness (QED) is 0.458. The molecule has 0 aliphatic carbocycles. The highest BCUT2D eigenvalue weighted by Crippen LogP contribution is 2.51. The van der Waals surface area contributed by atoms with Gasteiger partial charge in [0, 0.05) is 12.5 Å². The van der Waals surface area contributed by atoms with Crippen LogP contribution < -0.4 is 15.0 Å². The number of methoxy groups -OCH3 is 1. The fourth-order valence-electron chi connectivity index (χ4n) is 5.58. The van der Waals surface area contributed by atoms with Crippen molar-refractivity contribution in [2.45, 2.75) is 24.9 Å². The number of para-hydroxylation sites is 1. The van der Waals surface area contributed by atoms with Gasteiger partial charge < -0.3 is 14.9 Å². The first kappa shape index (κ1) is 23.6. The number of benzene rings is 3. The van der Waals surface area contributed by atoms with Gasteiger partial charge in [0.1, 0.15) is 5.54 Å². The maximum atomic E-state index is 14.0. The van der Waals surface area contributed by atoms with Crippen LogP contribution in [0.2, 0.25) is 0 Å². The van der Waals surface area contributed by atoms with Crippen molar-refractivity contribution in [3.8, 4) is 11.5 Å². The number of hydrogen-bond acceptors (Lipinski definition) is 6. The number of anilines is 1. The van der Waals surface area contributed by atoms with Gasteiger partial charge >= 0.3 is 5.97 Å². The molecule has 0 radical (unpaired) electrons. The lowest BCUT2D eigenvalue weighted by atomic mass is 9.76.